The molecule has 0 aliphatic carbocycles. The van der Waals surface area contributed by atoms with Crippen LogP contribution in [-0.2, 0) is 11.3 Å². The Labute approximate surface area is 185 Å². The molecule has 166 valence electrons. The van der Waals surface area contributed by atoms with Crippen molar-refractivity contribution in [3.63, 3.8) is 0 Å². The number of amides is 1. The molecule has 1 amide bonds. The molecule has 1 saturated heterocycles. The highest BCUT2D eigenvalue weighted by atomic mass is 16.7. The lowest BCUT2D eigenvalue weighted by Gasteiger charge is -2.34. The molecular formula is C25H33N3O3. The second-order valence-corrected chi connectivity index (χ2v) is 8.85. The summed E-state index contributed by atoms with van der Waals surface area (Å²) in [6.45, 7) is 11.9. The largest absolute Gasteiger partial charge is 0.454 e. The molecule has 2 aromatic rings. The number of benzene rings is 2. The van der Waals surface area contributed by atoms with E-state index in [0.29, 0.717) is 12.5 Å². The van der Waals surface area contributed by atoms with Gasteiger partial charge in [0.05, 0.1) is 12.6 Å². The second-order valence-electron chi connectivity index (χ2n) is 8.85. The number of ether oxygens (including phenoxy) is 2. The predicted molar refractivity (Wildman–Crippen MR) is 121 cm³/mol. The van der Waals surface area contributed by atoms with Crippen LogP contribution in [-0.4, -0.2) is 55.2 Å². The van der Waals surface area contributed by atoms with Gasteiger partial charge in [0.25, 0.3) is 0 Å². The van der Waals surface area contributed by atoms with Crippen LogP contribution >= 0.6 is 0 Å². The predicted octanol–water partition coefficient (Wildman–Crippen LogP) is 3.53. The number of piperazine rings is 1. The first-order valence-corrected chi connectivity index (χ1v) is 11.2. The van der Waals surface area contributed by atoms with E-state index in [1.54, 1.807) is 0 Å². The van der Waals surface area contributed by atoms with Crippen LogP contribution in [0.2, 0.25) is 0 Å². The van der Waals surface area contributed by atoms with Gasteiger partial charge in [0.15, 0.2) is 11.5 Å². The first-order valence-electron chi connectivity index (χ1n) is 11.2. The number of hydrogen-bond donors (Lipinski definition) is 1. The molecule has 0 unspecified atom stereocenters. The van der Waals surface area contributed by atoms with Crippen LogP contribution in [0.3, 0.4) is 0 Å². The van der Waals surface area contributed by atoms with Crippen LogP contribution in [0.25, 0.3) is 0 Å². The number of hydrogen-bond acceptors (Lipinski definition) is 5. The summed E-state index contributed by atoms with van der Waals surface area (Å²) in [5, 5.41) is 3.11. The Bertz CT molecular complexity index is 889. The van der Waals surface area contributed by atoms with Crippen LogP contribution in [0, 0.1) is 0 Å². The maximum atomic E-state index is 12.6. The summed E-state index contributed by atoms with van der Waals surface area (Å²) in [7, 11) is 0. The summed E-state index contributed by atoms with van der Waals surface area (Å²) >= 11 is 0. The zero-order valence-electron chi connectivity index (χ0n) is 18.8. The van der Waals surface area contributed by atoms with Gasteiger partial charge in [0.1, 0.15) is 0 Å². The van der Waals surface area contributed by atoms with Crippen LogP contribution in [0.1, 0.15) is 49.4 Å². The molecule has 0 radical (unpaired) electrons. The monoisotopic (exact) mass is 423 g/mol. The molecule has 2 heterocycles. The fourth-order valence-electron chi connectivity index (χ4n) is 4.13. The maximum absolute atomic E-state index is 12.6. The van der Waals surface area contributed by atoms with Gasteiger partial charge in [0, 0.05) is 32.7 Å². The molecule has 0 bridgehead atoms. The number of fused-ring (bicyclic) bond motifs is 1. The lowest BCUT2D eigenvalue weighted by Crippen LogP contribution is -2.49. The van der Waals surface area contributed by atoms with Crippen LogP contribution in [0.4, 0.5) is 0 Å². The zero-order chi connectivity index (χ0) is 21.8. The highest BCUT2D eigenvalue weighted by molar-refractivity contribution is 5.78. The van der Waals surface area contributed by atoms with Gasteiger partial charge in [-0.3, -0.25) is 14.6 Å². The summed E-state index contributed by atoms with van der Waals surface area (Å²) in [6.07, 6.45) is 0. The summed E-state index contributed by atoms with van der Waals surface area (Å²) in [5.41, 5.74) is 3.76. The van der Waals surface area contributed by atoms with Crippen molar-refractivity contribution in [2.45, 2.75) is 39.3 Å². The quantitative estimate of drug-likeness (QED) is 0.738. The van der Waals surface area contributed by atoms with E-state index in [9.17, 15) is 4.79 Å². The lowest BCUT2D eigenvalue weighted by molar-refractivity contribution is -0.123. The van der Waals surface area contributed by atoms with E-state index in [2.05, 4.69) is 53.2 Å². The molecule has 2 aliphatic rings. The zero-order valence-corrected chi connectivity index (χ0v) is 18.8. The van der Waals surface area contributed by atoms with Crippen molar-refractivity contribution >= 4 is 5.91 Å². The Morgan fingerprint density at radius 1 is 0.903 bits per heavy atom. The molecule has 1 fully saturated rings. The first kappa shape index (κ1) is 21.7. The fourth-order valence-corrected chi connectivity index (χ4v) is 4.13. The average molecular weight is 424 g/mol. The molecule has 2 aromatic carbocycles. The molecule has 4 rings (SSSR count). The van der Waals surface area contributed by atoms with Gasteiger partial charge in [-0.1, -0.05) is 44.2 Å². The van der Waals surface area contributed by atoms with Crippen LogP contribution < -0.4 is 14.8 Å². The summed E-state index contributed by atoms with van der Waals surface area (Å²) < 4.78 is 10.8. The summed E-state index contributed by atoms with van der Waals surface area (Å²) in [6, 6.07) is 14.7. The molecule has 6 nitrogen and oxygen atoms in total. The molecule has 0 aromatic heterocycles. The van der Waals surface area contributed by atoms with Crippen molar-refractivity contribution < 1.29 is 14.3 Å². The van der Waals surface area contributed by atoms with Crippen molar-refractivity contribution in [2.75, 3.05) is 39.5 Å². The van der Waals surface area contributed by atoms with E-state index in [0.717, 1.165) is 49.8 Å². The van der Waals surface area contributed by atoms with Gasteiger partial charge in [-0.15, -0.1) is 0 Å². The van der Waals surface area contributed by atoms with Gasteiger partial charge >= 0.3 is 0 Å². The average Bonchev–Trinajstić information content (AvgIpc) is 3.23. The van der Waals surface area contributed by atoms with Crippen molar-refractivity contribution in [1.82, 2.24) is 15.1 Å². The Morgan fingerprint density at radius 2 is 1.55 bits per heavy atom. The van der Waals surface area contributed by atoms with E-state index in [1.807, 2.05) is 25.1 Å². The SMILES string of the molecule is CC(C)c1ccc(CN2CCN(CC(=O)N[C@@H](C)c3ccc4c(c3)OCO4)CC2)cc1. The molecular weight excluding hydrogens is 390 g/mol. The highest BCUT2D eigenvalue weighted by Crippen LogP contribution is 2.34. The third kappa shape index (κ3) is 5.57. The topological polar surface area (TPSA) is 54.0 Å². The third-order valence-electron chi connectivity index (χ3n) is 6.16. The third-order valence-corrected chi connectivity index (χ3v) is 6.16. The minimum atomic E-state index is -0.0721. The van der Waals surface area contributed by atoms with Crippen LogP contribution in [0.15, 0.2) is 42.5 Å². The summed E-state index contributed by atoms with van der Waals surface area (Å²) in [4.78, 5) is 17.3. The standard InChI is InChI=1S/C25H33N3O3/c1-18(2)21-6-4-20(5-7-21)15-27-10-12-28(13-11-27)16-25(29)26-19(3)22-8-9-23-24(14-22)31-17-30-23/h4-9,14,18-19H,10-13,15-17H2,1-3H3,(H,26,29)/t19-/m0/s1. The highest BCUT2D eigenvalue weighted by Gasteiger charge is 2.21. The van der Waals surface area contributed by atoms with Crippen LogP contribution in [0.5, 0.6) is 11.5 Å². The number of nitrogens with one attached hydrogen (secondary N) is 1. The van der Waals surface area contributed by atoms with Gasteiger partial charge < -0.3 is 14.8 Å². The van der Waals surface area contributed by atoms with Crippen molar-refractivity contribution in [1.29, 1.82) is 0 Å². The summed E-state index contributed by atoms with van der Waals surface area (Å²) in [5.74, 6) is 2.13. The smallest absolute Gasteiger partial charge is 0.234 e. The van der Waals surface area contributed by atoms with Crippen molar-refractivity contribution in [2.24, 2.45) is 0 Å². The van der Waals surface area contributed by atoms with Gasteiger partial charge in [0.2, 0.25) is 12.7 Å². The van der Waals surface area contributed by atoms with E-state index >= 15 is 0 Å². The van der Waals surface area contributed by atoms with E-state index in [-0.39, 0.29) is 18.7 Å². The van der Waals surface area contributed by atoms with E-state index < -0.39 is 0 Å². The Balaban J connectivity index is 1.21. The van der Waals surface area contributed by atoms with Gasteiger partial charge in [-0.2, -0.15) is 0 Å². The minimum Gasteiger partial charge on any atom is -0.454 e. The maximum Gasteiger partial charge on any atom is 0.234 e. The molecule has 0 saturated carbocycles. The van der Waals surface area contributed by atoms with E-state index in [1.165, 1.54) is 11.1 Å². The number of rotatable bonds is 7. The Morgan fingerprint density at radius 3 is 2.26 bits per heavy atom. The van der Waals surface area contributed by atoms with Gasteiger partial charge in [-0.25, -0.2) is 0 Å². The molecule has 31 heavy (non-hydrogen) atoms. The van der Waals surface area contributed by atoms with Crippen molar-refractivity contribution in [3.8, 4) is 11.5 Å². The van der Waals surface area contributed by atoms with E-state index in [4.69, 9.17) is 9.47 Å². The molecule has 0 spiro atoms. The Hall–Kier alpha value is -2.57. The first-order chi connectivity index (χ1) is 15.0. The molecule has 1 atom stereocenters. The van der Waals surface area contributed by atoms with Crippen molar-refractivity contribution in [3.05, 3.63) is 59.2 Å². The van der Waals surface area contributed by atoms with Gasteiger partial charge in [-0.05, 0) is 41.7 Å². The lowest BCUT2D eigenvalue weighted by atomic mass is 10.0. The number of nitrogens with zero attached hydrogens (tertiary/aromatic N) is 2. The molecule has 1 N–H and O–H groups in total. The number of carbonyl (C=O) groups excluding carboxylic acids is 1. The second kappa shape index (κ2) is 9.71. The molecule has 6 heteroatoms. The molecule has 2 aliphatic heterocycles. The number of carbonyl (C=O) groups is 1. The minimum absolute atomic E-state index is 0.0582. The fraction of sp³-hybridized carbons (Fsp3) is 0.480. The Kier molecular flexibility index (Phi) is 6.78. The normalized spacial score (nSPS) is 17.7.